The Kier molecular flexibility index (Phi) is 2.72. The van der Waals surface area contributed by atoms with E-state index in [4.69, 9.17) is 4.42 Å². The van der Waals surface area contributed by atoms with E-state index >= 15 is 0 Å². The van der Waals surface area contributed by atoms with Gasteiger partial charge in [0.1, 0.15) is 23.6 Å². The van der Waals surface area contributed by atoms with Crippen LogP contribution in [-0.4, -0.2) is 23.3 Å². The number of nitrogens with one attached hydrogen (secondary N) is 1. The Bertz CT molecular complexity index is 925. The van der Waals surface area contributed by atoms with E-state index in [1.54, 1.807) is 18.2 Å². The minimum Gasteiger partial charge on any atom is -0.508 e. The van der Waals surface area contributed by atoms with Crippen LogP contribution in [0.1, 0.15) is 11.3 Å². The minimum atomic E-state index is -0.192. The highest BCUT2D eigenvalue weighted by molar-refractivity contribution is 6.21. The van der Waals surface area contributed by atoms with Crippen LogP contribution in [0.4, 0.5) is 5.69 Å². The first-order valence-corrected chi connectivity index (χ1v) is 6.88. The van der Waals surface area contributed by atoms with E-state index in [1.807, 2.05) is 30.3 Å². The minimum absolute atomic E-state index is 0.0174. The Labute approximate surface area is 125 Å². The Morgan fingerprint density at radius 2 is 2.00 bits per heavy atom. The summed E-state index contributed by atoms with van der Waals surface area (Å²) in [6, 6.07) is 14.2. The third kappa shape index (κ3) is 1.95. The van der Waals surface area contributed by atoms with Crippen molar-refractivity contribution >= 4 is 28.3 Å². The van der Waals surface area contributed by atoms with E-state index in [2.05, 4.69) is 10.3 Å². The Hall–Kier alpha value is -3.08. The smallest absolute Gasteiger partial charge is 0.246 e. The van der Waals surface area contributed by atoms with Crippen LogP contribution in [-0.2, 0) is 4.79 Å². The summed E-state index contributed by atoms with van der Waals surface area (Å²) in [5, 5.41) is 13.4. The Balaban J connectivity index is 1.99. The number of aliphatic imine (C=N–C) groups is 1. The van der Waals surface area contributed by atoms with Gasteiger partial charge in [-0.3, -0.25) is 9.79 Å². The topological polar surface area (TPSA) is 74.8 Å². The van der Waals surface area contributed by atoms with Gasteiger partial charge in [-0.2, -0.15) is 0 Å². The molecule has 5 heteroatoms. The monoisotopic (exact) mass is 292 g/mol. The van der Waals surface area contributed by atoms with Gasteiger partial charge in [-0.1, -0.05) is 24.3 Å². The second-order valence-corrected chi connectivity index (χ2v) is 5.07. The molecule has 5 nitrogen and oxygen atoms in total. The number of nitrogens with zero attached hydrogens (tertiary/aromatic N) is 1. The summed E-state index contributed by atoms with van der Waals surface area (Å²) in [6.07, 6.45) is 0. The molecule has 22 heavy (non-hydrogen) atoms. The molecule has 0 unspecified atom stereocenters. The van der Waals surface area contributed by atoms with Crippen molar-refractivity contribution in [1.82, 2.24) is 0 Å². The number of hydrogen-bond acceptors (Lipinski definition) is 4. The van der Waals surface area contributed by atoms with Crippen LogP contribution < -0.4 is 5.32 Å². The van der Waals surface area contributed by atoms with Crippen LogP contribution >= 0.6 is 0 Å². The molecule has 0 saturated carbocycles. The van der Waals surface area contributed by atoms with Gasteiger partial charge >= 0.3 is 0 Å². The maximum atomic E-state index is 11.9. The number of rotatable bonds is 1. The molecular weight excluding hydrogens is 280 g/mol. The summed E-state index contributed by atoms with van der Waals surface area (Å²) in [4.78, 5) is 16.3. The van der Waals surface area contributed by atoms with Crippen LogP contribution in [0.3, 0.4) is 0 Å². The first kappa shape index (κ1) is 12.6. The number of hydrogen-bond donors (Lipinski definition) is 2. The van der Waals surface area contributed by atoms with Crippen molar-refractivity contribution in [3.05, 3.63) is 59.9 Å². The van der Waals surface area contributed by atoms with Crippen LogP contribution in [0.5, 0.6) is 5.75 Å². The molecule has 3 aromatic rings. The van der Waals surface area contributed by atoms with Gasteiger partial charge in [0, 0.05) is 10.9 Å². The molecule has 108 valence electrons. The highest BCUT2D eigenvalue weighted by Crippen LogP contribution is 2.34. The predicted molar refractivity (Wildman–Crippen MR) is 83.5 cm³/mol. The molecule has 4 rings (SSSR count). The number of benzene rings is 2. The molecule has 0 bridgehead atoms. The van der Waals surface area contributed by atoms with Crippen molar-refractivity contribution in [1.29, 1.82) is 0 Å². The number of furan rings is 1. The maximum Gasteiger partial charge on any atom is 0.246 e. The van der Waals surface area contributed by atoms with E-state index in [0.717, 1.165) is 5.39 Å². The summed E-state index contributed by atoms with van der Waals surface area (Å²) < 4.78 is 5.90. The second-order valence-electron chi connectivity index (χ2n) is 5.07. The van der Waals surface area contributed by atoms with E-state index in [1.165, 1.54) is 0 Å². The normalized spacial score (nSPS) is 14.2. The third-order valence-electron chi connectivity index (χ3n) is 3.58. The average molecular weight is 292 g/mol. The number of phenolic OH excluding ortho intramolecular Hbond substituents is 1. The number of amides is 1. The van der Waals surface area contributed by atoms with Gasteiger partial charge in [-0.05, 0) is 24.3 Å². The summed E-state index contributed by atoms with van der Waals surface area (Å²) in [5.74, 6) is 0.460. The summed E-state index contributed by atoms with van der Waals surface area (Å²) in [5.41, 5.74) is 2.57. The van der Waals surface area contributed by atoms with Gasteiger partial charge < -0.3 is 14.8 Å². The molecule has 1 amide bonds. The molecule has 0 aliphatic carbocycles. The van der Waals surface area contributed by atoms with Crippen LogP contribution in [0.25, 0.3) is 11.0 Å². The fourth-order valence-electron chi connectivity index (χ4n) is 2.61. The molecule has 2 aromatic carbocycles. The van der Waals surface area contributed by atoms with Crippen LogP contribution in [0.2, 0.25) is 0 Å². The Morgan fingerprint density at radius 3 is 2.86 bits per heavy atom. The highest BCUT2D eigenvalue weighted by Gasteiger charge is 2.24. The lowest BCUT2D eigenvalue weighted by Gasteiger charge is -2.04. The standard InChI is InChI=1S/C17H12N2O3/c20-11-5-3-4-10(8-11)15-17-16(19-14(21)9-18-15)12-6-1-2-7-13(12)22-17/h1-8,20H,9H2,(H,19,21). The van der Waals surface area contributed by atoms with Crippen molar-refractivity contribution in [3.8, 4) is 5.75 Å². The van der Waals surface area contributed by atoms with Crippen LogP contribution in [0.15, 0.2) is 57.9 Å². The van der Waals surface area contributed by atoms with Gasteiger partial charge in [-0.15, -0.1) is 0 Å². The average Bonchev–Trinajstić information content (AvgIpc) is 2.78. The predicted octanol–water partition coefficient (Wildman–Crippen LogP) is 2.93. The molecule has 0 fully saturated rings. The quantitative estimate of drug-likeness (QED) is 0.724. The number of para-hydroxylation sites is 1. The first-order valence-electron chi connectivity index (χ1n) is 6.88. The number of aromatic hydroxyl groups is 1. The Morgan fingerprint density at radius 1 is 1.14 bits per heavy atom. The number of phenols is 1. The summed E-state index contributed by atoms with van der Waals surface area (Å²) >= 11 is 0. The number of carbonyl (C=O) groups excluding carboxylic acids is 1. The summed E-state index contributed by atoms with van der Waals surface area (Å²) in [6.45, 7) is 0.0174. The number of anilines is 1. The molecule has 0 saturated heterocycles. The van der Waals surface area contributed by atoms with Gasteiger partial charge in [0.15, 0.2) is 5.76 Å². The molecule has 1 aliphatic rings. The zero-order valence-corrected chi connectivity index (χ0v) is 11.5. The van der Waals surface area contributed by atoms with Crippen molar-refractivity contribution in [2.75, 3.05) is 11.9 Å². The van der Waals surface area contributed by atoms with Crippen molar-refractivity contribution in [3.63, 3.8) is 0 Å². The lowest BCUT2D eigenvalue weighted by atomic mass is 10.1. The lowest BCUT2D eigenvalue weighted by Crippen LogP contribution is -2.13. The van der Waals surface area contributed by atoms with Gasteiger partial charge in [0.25, 0.3) is 0 Å². The molecular formula is C17H12N2O3. The van der Waals surface area contributed by atoms with Gasteiger partial charge in [0.2, 0.25) is 5.91 Å². The van der Waals surface area contributed by atoms with E-state index in [9.17, 15) is 9.90 Å². The largest absolute Gasteiger partial charge is 0.508 e. The SMILES string of the molecule is O=C1CN=C(c2cccc(O)c2)c2oc3ccccc3c2N1. The fourth-order valence-corrected chi connectivity index (χ4v) is 2.61. The summed E-state index contributed by atoms with van der Waals surface area (Å²) in [7, 11) is 0. The molecule has 2 N–H and O–H groups in total. The molecule has 0 radical (unpaired) electrons. The fraction of sp³-hybridized carbons (Fsp3) is 0.0588. The highest BCUT2D eigenvalue weighted by atomic mass is 16.3. The maximum absolute atomic E-state index is 11.9. The van der Waals surface area contributed by atoms with E-state index in [0.29, 0.717) is 28.3 Å². The lowest BCUT2D eigenvalue weighted by molar-refractivity contribution is -0.114. The van der Waals surface area contributed by atoms with Crippen molar-refractivity contribution in [2.24, 2.45) is 4.99 Å². The van der Waals surface area contributed by atoms with Crippen molar-refractivity contribution in [2.45, 2.75) is 0 Å². The zero-order chi connectivity index (χ0) is 15.1. The number of carbonyl (C=O) groups is 1. The van der Waals surface area contributed by atoms with E-state index < -0.39 is 0 Å². The molecule has 0 spiro atoms. The first-order chi connectivity index (χ1) is 10.7. The van der Waals surface area contributed by atoms with Gasteiger partial charge in [-0.25, -0.2) is 0 Å². The zero-order valence-electron chi connectivity index (χ0n) is 11.5. The molecule has 1 aliphatic heterocycles. The molecule has 2 heterocycles. The van der Waals surface area contributed by atoms with Crippen LogP contribution in [0, 0.1) is 0 Å². The third-order valence-corrected chi connectivity index (χ3v) is 3.58. The van der Waals surface area contributed by atoms with E-state index in [-0.39, 0.29) is 18.2 Å². The second kappa shape index (κ2) is 4.73. The number of fused-ring (bicyclic) bond motifs is 3. The van der Waals surface area contributed by atoms with Gasteiger partial charge in [0.05, 0.1) is 5.69 Å². The molecule has 1 aromatic heterocycles. The van der Waals surface area contributed by atoms with Crippen molar-refractivity contribution < 1.29 is 14.3 Å². The molecule has 0 atom stereocenters.